The van der Waals surface area contributed by atoms with Crippen molar-refractivity contribution in [1.29, 1.82) is 0 Å². The van der Waals surface area contributed by atoms with Gasteiger partial charge in [0.25, 0.3) is 0 Å². The molecule has 0 saturated heterocycles. The average molecular weight is 351 g/mol. The fourth-order valence-electron chi connectivity index (χ4n) is 3.07. The quantitative estimate of drug-likeness (QED) is 0.835. The maximum atomic E-state index is 13.0. The molecule has 3 unspecified atom stereocenters. The van der Waals surface area contributed by atoms with Gasteiger partial charge in [-0.1, -0.05) is 47.0 Å². The lowest BCUT2D eigenvalue weighted by Gasteiger charge is -2.36. The van der Waals surface area contributed by atoms with Crippen LogP contribution in [0.1, 0.15) is 31.2 Å². The average Bonchev–Trinajstić information content (AvgIpc) is 2.40. The highest BCUT2D eigenvalue weighted by Crippen LogP contribution is 2.43. The van der Waals surface area contributed by atoms with Gasteiger partial charge in [0.15, 0.2) is 0 Å². The van der Waals surface area contributed by atoms with Crippen LogP contribution in [0.25, 0.3) is 0 Å². The molecule has 1 nitrogen and oxygen atoms in total. The zero-order chi connectivity index (χ0) is 14.8. The fourth-order valence-corrected chi connectivity index (χ4v) is 3.51. The Morgan fingerprint density at radius 2 is 1.85 bits per heavy atom. The third-order valence-electron chi connectivity index (χ3n) is 4.12. The lowest BCUT2D eigenvalue weighted by Crippen LogP contribution is -2.40. The van der Waals surface area contributed by atoms with Crippen LogP contribution in [0.2, 0.25) is 0 Å². The van der Waals surface area contributed by atoms with Gasteiger partial charge in [0, 0.05) is 4.47 Å². The van der Waals surface area contributed by atoms with E-state index in [2.05, 4.69) is 15.9 Å². The van der Waals surface area contributed by atoms with E-state index >= 15 is 0 Å². The van der Waals surface area contributed by atoms with Crippen molar-refractivity contribution >= 4 is 15.9 Å². The molecule has 112 valence electrons. The molecule has 0 aromatic heterocycles. The zero-order valence-electron chi connectivity index (χ0n) is 11.0. The molecule has 1 aliphatic carbocycles. The normalized spacial score (nSPS) is 25.4. The highest BCUT2D eigenvalue weighted by molar-refractivity contribution is 9.10. The van der Waals surface area contributed by atoms with Crippen LogP contribution < -0.4 is 0 Å². The first kappa shape index (κ1) is 15.8. The number of benzene rings is 1. The molecule has 0 spiro atoms. The van der Waals surface area contributed by atoms with Gasteiger partial charge in [-0.15, -0.1) is 0 Å². The Bertz CT molecular complexity index is 447. The van der Waals surface area contributed by atoms with Crippen molar-refractivity contribution < 1.29 is 18.3 Å². The number of halogens is 4. The molecule has 5 heteroatoms. The van der Waals surface area contributed by atoms with Crippen molar-refractivity contribution in [3.05, 3.63) is 34.3 Å². The number of aliphatic hydroxyl groups excluding tert-OH is 1. The predicted octanol–water partition coefficient (Wildman–Crippen LogP) is 4.72. The first-order valence-electron chi connectivity index (χ1n) is 6.88. The van der Waals surface area contributed by atoms with Crippen LogP contribution in [0.5, 0.6) is 0 Å². The smallest absolute Gasteiger partial charge is 0.392 e. The lowest BCUT2D eigenvalue weighted by atomic mass is 9.74. The Morgan fingerprint density at radius 1 is 1.20 bits per heavy atom. The second-order valence-corrected chi connectivity index (χ2v) is 6.31. The third kappa shape index (κ3) is 3.76. The summed E-state index contributed by atoms with van der Waals surface area (Å²) in [5.41, 5.74) is 0.853. The van der Waals surface area contributed by atoms with Gasteiger partial charge in [-0.05, 0) is 36.8 Å². The molecule has 0 aliphatic heterocycles. The first-order chi connectivity index (χ1) is 9.39. The summed E-state index contributed by atoms with van der Waals surface area (Å²) in [4.78, 5) is 0. The molecular formula is C15H18BrF3O. The molecule has 1 fully saturated rings. The SMILES string of the molecule is OC(Cc1ccccc1Br)C1CCCCC1C(F)(F)F. The van der Waals surface area contributed by atoms with Crippen LogP contribution in [0.15, 0.2) is 28.7 Å². The van der Waals surface area contributed by atoms with Crippen LogP contribution in [0.3, 0.4) is 0 Å². The molecule has 20 heavy (non-hydrogen) atoms. The summed E-state index contributed by atoms with van der Waals surface area (Å²) in [5.74, 6) is -2.05. The van der Waals surface area contributed by atoms with Crippen LogP contribution in [0.4, 0.5) is 13.2 Å². The summed E-state index contributed by atoms with van der Waals surface area (Å²) in [7, 11) is 0. The first-order valence-corrected chi connectivity index (χ1v) is 7.67. The minimum absolute atomic E-state index is 0.140. The summed E-state index contributed by atoms with van der Waals surface area (Å²) < 4.78 is 40.0. The molecule has 3 atom stereocenters. The molecule has 0 radical (unpaired) electrons. The van der Waals surface area contributed by atoms with Crippen molar-refractivity contribution in [3.63, 3.8) is 0 Å². The van der Waals surface area contributed by atoms with Gasteiger partial charge in [-0.3, -0.25) is 0 Å². The van der Waals surface area contributed by atoms with Crippen molar-refractivity contribution in [3.8, 4) is 0 Å². The van der Waals surface area contributed by atoms with E-state index in [-0.39, 0.29) is 12.8 Å². The summed E-state index contributed by atoms with van der Waals surface area (Å²) in [6, 6.07) is 7.34. The molecule has 1 aromatic carbocycles. The van der Waals surface area contributed by atoms with E-state index < -0.39 is 24.1 Å². The standard InChI is InChI=1S/C15H18BrF3O/c16-13-8-4-1-5-10(13)9-14(20)11-6-2-3-7-12(11)15(17,18)19/h1,4-5,8,11-12,14,20H,2-3,6-7,9H2. The van der Waals surface area contributed by atoms with E-state index in [0.717, 1.165) is 16.5 Å². The molecule has 0 amide bonds. The predicted molar refractivity (Wildman–Crippen MR) is 75.4 cm³/mol. The molecule has 0 heterocycles. The van der Waals surface area contributed by atoms with Crippen LogP contribution >= 0.6 is 15.9 Å². The third-order valence-corrected chi connectivity index (χ3v) is 4.89. The number of hydrogen-bond acceptors (Lipinski definition) is 1. The van der Waals surface area contributed by atoms with E-state index in [4.69, 9.17) is 0 Å². The summed E-state index contributed by atoms with van der Waals surface area (Å²) in [5, 5.41) is 10.3. The van der Waals surface area contributed by atoms with Crippen LogP contribution in [-0.2, 0) is 6.42 Å². The van der Waals surface area contributed by atoms with E-state index in [1.807, 2.05) is 24.3 Å². The Labute approximate surface area is 125 Å². The Kier molecular flexibility index (Phi) is 5.13. The van der Waals surface area contributed by atoms with E-state index in [9.17, 15) is 18.3 Å². The number of rotatable bonds is 3. The van der Waals surface area contributed by atoms with Gasteiger partial charge < -0.3 is 5.11 Å². The van der Waals surface area contributed by atoms with Crippen LogP contribution in [0, 0.1) is 11.8 Å². The number of aliphatic hydroxyl groups is 1. The Hall–Kier alpha value is -0.550. The largest absolute Gasteiger partial charge is 0.392 e. The van der Waals surface area contributed by atoms with Gasteiger partial charge in [-0.25, -0.2) is 0 Å². The summed E-state index contributed by atoms with van der Waals surface area (Å²) >= 11 is 3.37. The molecule has 2 rings (SSSR count). The second-order valence-electron chi connectivity index (χ2n) is 5.46. The van der Waals surface area contributed by atoms with E-state index in [1.54, 1.807) is 0 Å². The summed E-state index contributed by atoms with van der Waals surface area (Å²) in [6.07, 6.45) is -2.93. The van der Waals surface area contributed by atoms with Crippen molar-refractivity contribution in [1.82, 2.24) is 0 Å². The molecule has 1 aliphatic rings. The maximum absolute atomic E-state index is 13.0. The number of alkyl halides is 3. The molecule has 1 N–H and O–H groups in total. The molecule has 1 aromatic rings. The van der Waals surface area contributed by atoms with E-state index in [1.165, 1.54) is 0 Å². The molecular weight excluding hydrogens is 333 g/mol. The second kappa shape index (κ2) is 6.48. The monoisotopic (exact) mass is 350 g/mol. The Balaban J connectivity index is 2.10. The summed E-state index contributed by atoms with van der Waals surface area (Å²) in [6.45, 7) is 0. The Morgan fingerprint density at radius 3 is 2.50 bits per heavy atom. The lowest BCUT2D eigenvalue weighted by molar-refractivity contribution is -0.206. The zero-order valence-corrected chi connectivity index (χ0v) is 12.6. The van der Waals surface area contributed by atoms with Crippen molar-refractivity contribution in [2.75, 3.05) is 0 Å². The maximum Gasteiger partial charge on any atom is 0.392 e. The van der Waals surface area contributed by atoms with Gasteiger partial charge in [-0.2, -0.15) is 13.2 Å². The van der Waals surface area contributed by atoms with Crippen molar-refractivity contribution in [2.45, 2.75) is 44.4 Å². The van der Waals surface area contributed by atoms with E-state index in [0.29, 0.717) is 12.8 Å². The highest BCUT2D eigenvalue weighted by Gasteiger charge is 2.47. The van der Waals surface area contributed by atoms with Gasteiger partial charge in [0.1, 0.15) is 0 Å². The van der Waals surface area contributed by atoms with Gasteiger partial charge in [0.05, 0.1) is 12.0 Å². The topological polar surface area (TPSA) is 20.2 Å². The fraction of sp³-hybridized carbons (Fsp3) is 0.600. The molecule has 1 saturated carbocycles. The van der Waals surface area contributed by atoms with Gasteiger partial charge >= 0.3 is 6.18 Å². The minimum atomic E-state index is -4.21. The highest BCUT2D eigenvalue weighted by atomic mass is 79.9. The van der Waals surface area contributed by atoms with Crippen molar-refractivity contribution in [2.24, 2.45) is 11.8 Å². The minimum Gasteiger partial charge on any atom is -0.392 e. The van der Waals surface area contributed by atoms with Crippen LogP contribution in [-0.4, -0.2) is 17.4 Å². The number of hydrogen-bond donors (Lipinski definition) is 1. The molecule has 0 bridgehead atoms. The van der Waals surface area contributed by atoms with Gasteiger partial charge in [0.2, 0.25) is 0 Å².